The van der Waals surface area contributed by atoms with Gasteiger partial charge < -0.3 is 10.0 Å². The van der Waals surface area contributed by atoms with Crippen LogP contribution < -0.4 is 4.90 Å². The first-order chi connectivity index (χ1) is 9.11. The SMILES string of the molecule is CCN(Cc1cc(C)ccc1O)c1ccccc1C. The van der Waals surface area contributed by atoms with Gasteiger partial charge in [-0.2, -0.15) is 0 Å². The summed E-state index contributed by atoms with van der Waals surface area (Å²) in [5.74, 6) is 0.373. The molecule has 1 N–H and O–H groups in total. The Balaban J connectivity index is 2.29. The number of para-hydroxylation sites is 1. The Kier molecular flexibility index (Phi) is 4.10. The first-order valence-corrected chi connectivity index (χ1v) is 6.71. The lowest BCUT2D eigenvalue weighted by molar-refractivity contribution is 0.467. The van der Waals surface area contributed by atoms with Gasteiger partial charge in [0.1, 0.15) is 5.75 Å². The highest BCUT2D eigenvalue weighted by molar-refractivity contribution is 5.54. The lowest BCUT2D eigenvalue weighted by atomic mass is 10.1. The summed E-state index contributed by atoms with van der Waals surface area (Å²) in [5, 5.41) is 9.97. The van der Waals surface area contributed by atoms with E-state index in [9.17, 15) is 5.11 Å². The largest absolute Gasteiger partial charge is 0.508 e. The van der Waals surface area contributed by atoms with E-state index in [0.29, 0.717) is 5.75 Å². The summed E-state index contributed by atoms with van der Waals surface area (Å²) in [6.07, 6.45) is 0. The minimum Gasteiger partial charge on any atom is -0.508 e. The second-order valence-electron chi connectivity index (χ2n) is 4.93. The molecule has 2 heteroatoms. The molecule has 0 aliphatic rings. The highest BCUT2D eigenvalue weighted by Gasteiger charge is 2.10. The van der Waals surface area contributed by atoms with E-state index in [1.54, 1.807) is 6.07 Å². The molecule has 0 unspecified atom stereocenters. The molecule has 0 heterocycles. The number of aryl methyl sites for hydroxylation is 2. The zero-order chi connectivity index (χ0) is 13.8. The van der Waals surface area contributed by atoms with E-state index in [1.807, 2.05) is 13.0 Å². The van der Waals surface area contributed by atoms with E-state index in [-0.39, 0.29) is 0 Å². The molecule has 0 saturated carbocycles. The third-order valence-corrected chi connectivity index (χ3v) is 3.43. The van der Waals surface area contributed by atoms with Crippen LogP contribution in [-0.2, 0) is 6.54 Å². The van der Waals surface area contributed by atoms with Crippen molar-refractivity contribution in [2.45, 2.75) is 27.3 Å². The van der Waals surface area contributed by atoms with E-state index >= 15 is 0 Å². The fraction of sp³-hybridized carbons (Fsp3) is 0.294. The van der Waals surface area contributed by atoms with Gasteiger partial charge in [0.05, 0.1) is 0 Å². The van der Waals surface area contributed by atoms with Crippen molar-refractivity contribution in [2.24, 2.45) is 0 Å². The van der Waals surface area contributed by atoms with Gasteiger partial charge in [-0.1, -0.05) is 35.9 Å². The van der Waals surface area contributed by atoms with Gasteiger partial charge in [-0.25, -0.2) is 0 Å². The molecule has 0 aliphatic carbocycles. The zero-order valence-electron chi connectivity index (χ0n) is 11.9. The third kappa shape index (κ3) is 3.08. The van der Waals surface area contributed by atoms with E-state index in [4.69, 9.17) is 0 Å². The van der Waals surface area contributed by atoms with Crippen molar-refractivity contribution in [1.29, 1.82) is 0 Å². The number of phenolic OH excluding ortho intramolecular Hbond substituents is 1. The second-order valence-corrected chi connectivity index (χ2v) is 4.93. The quantitative estimate of drug-likeness (QED) is 0.891. The van der Waals surface area contributed by atoms with Crippen LogP contribution in [0.4, 0.5) is 5.69 Å². The fourth-order valence-corrected chi connectivity index (χ4v) is 2.33. The number of anilines is 1. The van der Waals surface area contributed by atoms with Gasteiger partial charge in [-0.05, 0) is 38.5 Å². The Morgan fingerprint density at radius 1 is 1.05 bits per heavy atom. The van der Waals surface area contributed by atoms with E-state index < -0.39 is 0 Å². The van der Waals surface area contributed by atoms with Crippen LogP contribution in [0.25, 0.3) is 0 Å². The summed E-state index contributed by atoms with van der Waals surface area (Å²) in [4.78, 5) is 2.28. The summed E-state index contributed by atoms with van der Waals surface area (Å²) in [5.41, 5.74) is 4.64. The van der Waals surface area contributed by atoms with Gasteiger partial charge in [0, 0.05) is 24.3 Å². The van der Waals surface area contributed by atoms with Crippen LogP contribution in [0.15, 0.2) is 42.5 Å². The van der Waals surface area contributed by atoms with Crippen LogP contribution in [0.3, 0.4) is 0 Å². The minimum absolute atomic E-state index is 0.373. The van der Waals surface area contributed by atoms with Gasteiger partial charge in [0.2, 0.25) is 0 Å². The molecule has 0 aliphatic heterocycles. The number of benzene rings is 2. The maximum absolute atomic E-state index is 9.97. The van der Waals surface area contributed by atoms with Gasteiger partial charge >= 0.3 is 0 Å². The molecule has 0 saturated heterocycles. The summed E-state index contributed by atoms with van der Waals surface area (Å²) in [6, 6.07) is 14.1. The second kappa shape index (κ2) is 5.79. The zero-order valence-corrected chi connectivity index (χ0v) is 11.9. The summed E-state index contributed by atoms with van der Waals surface area (Å²) >= 11 is 0. The van der Waals surface area contributed by atoms with Crippen molar-refractivity contribution < 1.29 is 5.11 Å². The molecule has 0 atom stereocenters. The number of aromatic hydroxyl groups is 1. The number of hydrogen-bond donors (Lipinski definition) is 1. The average molecular weight is 255 g/mol. The smallest absolute Gasteiger partial charge is 0.120 e. The van der Waals surface area contributed by atoms with Crippen LogP contribution >= 0.6 is 0 Å². The van der Waals surface area contributed by atoms with Crippen molar-refractivity contribution in [2.75, 3.05) is 11.4 Å². The minimum atomic E-state index is 0.373. The molecule has 0 fully saturated rings. The van der Waals surface area contributed by atoms with Crippen LogP contribution in [0.2, 0.25) is 0 Å². The van der Waals surface area contributed by atoms with Crippen LogP contribution in [0, 0.1) is 13.8 Å². The predicted octanol–water partition coefficient (Wildman–Crippen LogP) is 4.04. The Bertz CT molecular complexity index is 563. The van der Waals surface area contributed by atoms with Crippen molar-refractivity contribution in [3.05, 3.63) is 59.2 Å². The topological polar surface area (TPSA) is 23.5 Å². The number of phenols is 1. The lowest BCUT2D eigenvalue weighted by Crippen LogP contribution is -2.22. The maximum Gasteiger partial charge on any atom is 0.120 e. The van der Waals surface area contributed by atoms with Gasteiger partial charge in [-0.3, -0.25) is 0 Å². The molecule has 0 radical (unpaired) electrons. The van der Waals surface area contributed by atoms with Crippen molar-refractivity contribution in [1.82, 2.24) is 0 Å². The molecule has 19 heavy (non-hydrogen) atoms. The number of hydrogen-bond acceptors (Lipinski definition) is 2. The van der Waals surface area contributed by atoms with Crippen LogP contribution in [0.1, 0.15) is 23.6 Å². The summed E-state index contributed by atoms with van der Waals surface area (Å²) in [7, 11) is 0. The molecule has 100 valence electrons. The Morgan fingerprint density at radius 3 is 2.47 bits per heavy atom. The normalized spacial score (nSPS) is 10.5. The van der Waals surface area contributed by atoms with Gasteiger partial charge in [0.15, 0.2) is 0 Å². The number of nitrogens with zero attached hydrogens (tertiary/aromatic N) is 1. The monoisotopic (exact) mass is 255 g/mol. The van der Waals surface area contributed by atoms with E-state index in [0.717, 1.165) is 18.7 Å². The van der Waals surface area contributed by atoms with Crippen molar-refractivity contribution in [3.63, 3.8) is 0 Å². The van der Waals surface area contributed by atoms with Gasteiger partial charge in [-0.15, -0.1) is 0 Å². The number of rotatable bonds is 4. The molecule has 2 rings (SSSR count). The first-order valence-electron chi connectivity index (χ1n) is 6.71. The lowest BCUT2D eigenvalue weighted by Gasteiger charge is -2.25. The van der Waals surface area contributed by atoms with E-state index in [1.165, 1.54) is 16.8 Å². The molecule has 2 nitrogen and oxygen atoms in total. The Hall–Kier alpha value is -1.96. The summed E-state index contributed by atoms with van der Waals surface area (Å²) < 4.78 is 0. The maximum atomic E-state index is 9.97. The molecule has 0 amide bonds. The average Bonchev–Trinajstić information content (AvgIpc) is 2.41. The highest BCUT2D eigenvalue weighted by atomic mass is 16.3. The highest BCUT2D eigenvalue weighted by Crippen LogP contribution is 2.25. The molecule has 0 aromatic heterocycles. The van der Waals surface area contributed by atoms with Gasteiger partial charge in [0.25, 0.3) is 0 Å². The van der Waals surface area contributed by atoms with Crippen LogP contribution in [0.5, 0.6) is 5.75 Å². The standard InChI is InChI=1S/C17H21NO/c1-4-18(16-8-6-5-7-14(16)3)12-15-11-13(2)9-10-17(15)19/h5-11,19H,4,12H2,1-3H3. The molecular formula is C17H21NO. The molecular weight excluding hydrogens is 234 g/mol. The van der Waals surface area contributed by atoms with Crippen molar-refractivity contribution >= 4 is 5.69 Å². The summed E-state index contributed by atoms with van der Waals surface area (Å²) in [6.45, 7) is 7.95. The molecule has 0 bridgehead atoms. The molecule has 2 aromatic rings. The predicted molar refractivity (Wildman–Crippen MR) is 80.7 cm³/mol. The Morgan fingerprint density at radius 2 is 1.79 bits per heavy atom. The fourth-order valence-electron chi connectivity index (χ4n) is 2.33. The molecule has 2 aromatic carbocycles. The molecule has 0 spiro atoms. The third-order valence-electron chi connectivity index (χ3n) is 3.43. The van der Waals surface area contributed by atoms with Crippen molar-refractivity contribution in [3.8, 4) is 5.75 Å². The first kappa shape index (κ1) is 13.5. The Labute approximate surface area is 115 Å². The van der Waals surface area contributed by atoms with Crippen LogP contribution in [-0.4, -0.2) is 11.7 Å². The van der Waals surface area contributed by atoms with E-state index in [2.05, 4.69) is 49.1 Å².